The Bertz CT molecular complexity index is 1200. The monoisotopic (exact) mass is 410 g/mol. The fourth-order valence-corrected chi connectivity index (χ4v) is 4.55. The van der Waals surface area contributed by atoms with Crippen molar-refractivity contribution in [1.82, 2.24) is 9.71 Å². The Hall–Kier alpha value is -3.23. The maximum atomic E-state index is 12.8. The number of benzene rings is 2. The van der Waals surface area contributed by atoms with Crippen LogP contribution in [0.1, 0.15) is 10.5 Å². The van der Waals surface area contributed by atoms with Gasteiger partial charge in [0.1, 0.15) is 4.21 Å². The van der Waals surface area contributed by atoms with Gasteiger partial charge in [0.05, 0.1) is 0 Å². The summed E-state index contributed by atoms with van der Waals surface area (Å²) in [6, 6.07) is 21.1. The van der Waals surface area contributed by atoms with E-state index in [-0.39, 0.29) is 21.6 Å². The topological polar surface area (TPSA) is 89.3 Å². The lowest BCUT2D eigenvalue weighted by Crippen LogP contribution is -2.30. The van der Waals surface area contributed by atoms with Crippen LogP contribution in [0.3, 0.4) is 0 Å². The molecule has 1 N–H and O–H groups in total. The van der Waals surface area contributed by atoms with Gasteiger partial charge >= 0.3 is 0 Å². The largest absolute Gasteiger partial charge is 0.435 e. The van der Waals surface area contributed by atoms with Gasteiger partial charge < -0.3 is 4.42 Å². The van der Waals surface area contributed by atoms with Crippen molar-refractivity contribution in [3.63, 3.8) is 0 Å². The molecule has 0 saturated carbocycles. The lowest BCUT2D eigenvalue weighted by Gasteiger charge is -2.04. The molecule has 0 unspecified atom stereocenters. The summed E-state index contributed by atoms with van der Waals surface area (Å²) in [5.41, 5.74) is 1.21. The molecule has 0 spiro atoms. The number of sulfonamides is 1. The molecule has 0 bridgehead atoms. The van der Waals surface area contributed by atoms with Crippen LogP contribution in [0.25, 0.3) is 22.8 Å². The molecule has 0 aliphatic rings. The predicted octanol–water partition coefficient (Wildman–Crippen LogP) is 4.19. The molecule has 0 aliphatic heterocycles. The normalized spacial score (nSPS) is 11.3. The number of hydrogen-bond donors (Lipinski definition) is 1. The van der Waals surface area contributed by atoms with Crippen LogP contribution in [-0.4, -0.2) is 19.3 Å². The summed E-state index contributed by atoms with van der Waals surface area (Å²) in [5, 5.41) is 1.62. The highest BCUT2D eigenvalue weighted by atomic mass is 32.2. The molecule has 8 heteroatoms. The quantitative estimate of drug-likeness (QED) is 0.533. The van der Waals surface area contributed by atoms with E-state index in [0.29, 0.717) is 11.1 Å². The summed E-state index contributed by atoms with van der Waals surface area (Å²) >= 11 is 1.02. The second-order valence-electron chi connectivity index (χ2n) is 5.80. The van der Waals surface area contributed by atoms with Crippen LogP contribution in [0.5, 0.6) is 0 Å². The maximum absolute atomic E-state index is 12.8. The highest BCUT2D eigenvalue weighted by molar-refractivity contribution is 7.92. The van der Waals surface area contributed by atoms with Crippen LogP contribution in [0.2, 0.25) is 0 Å². The molecule has 0 saturated heterocycles. The smallest absolute Gasteiger partial charge is 0.287 e. The molecule has 1 amide bonds. The zero-order chi connectivity index (χ0) is 19.6. The van der Waals surface area contributed by atoms with Gasteiger partial charge in [0.25, 0.3) is 15.9 Å². The third kappa shape index (κ3) is 3.60. The molecular formula is C20H14N2O4S2. The molecule has 140 valence electrons. The minimum Gasteiger partial charge on any atom is -0.435 e. The van der Waals surface area contributed by atoms with E-state index in [0.717, 1.165) is 11.3 Å². The fraction of sp³-hybridized carbons (Fsp3) is 0. The molecule has 2 heterocycles. The van der Waals surface area contributed by atoms with Gasteiger partial charge in [-0.15, -0.1) is 11.3 Å². The average Bonchev–Trinajstić information content (AvgIpc) is 3.40. The van der Waals surface area contributed by atoms with Crippen molar-refractivity contribution in [1.29, 1.82) is 0 Å². The van der Waals surface area contributed by atoms with Gasteiger partial charge in [-0.05, 0) is 23.6 Å². The second kappa shape index (κ2) is 7.41. The fourth-order valence-electron chi connectivity index (χ4n) is 2.60. The van der Waals surface area contributed by atoms with Crippen molar-refractivity contribution in [2.75, 3.05) is 0 Å². The SMILES string of the molecule is O=C(NS(=O)(=O)c1cccs1)c1nc(-c2ccccc2)oc1-c1ccccc1. The van der Waals surface area contributed by atoms with E-state index in [4.69, 9.17) is 4.42 Å². The molecule has 4 rings (SSSR count). The number of oxazole rings is 1. The van der Waals surface area contributed by atoms with Crippen LogP contribution in [-0.2, 0) is 10.0 Å². The summed E-state index contributed by atoms with van der Waals surface area (Å²) < 4.78 is 32.8. The average molecular weight is 410 g/mol. The minimum absolute atomic E-state index is 0.0499. The first kappa shape index (κ1) is 18.1. The Morgan fingerprint density at radius 3 is 2.14 bits per heavy atom. The van der Waals surface area contributed by atoms with Gasteiger partial charge in [-0.1, -0.05) is 54.6 Å². The predicted molar refractivity (Wildman–Crippen MR) is 106 cm³/mol. The van der Waals surface area contributed by atoms with Crippen molar-refractivity contribution in [3.8, 4) is 22.8 Å². The number of carbonyl (C=O) groups is 1. The van der Waals surface area contributed by atoms with Crippen LogP contribution in [0.4, 0.5) is 0 Å². The second-order valence-corrected chi connectivity index (χ2v) is 8.65. The van der Waals surface area contributed by atoms with Crippen LogP contribution in [0.15, 0.2) is 86.8 Å². The molecule has 4 aromatic rings. The van der Waals surface area contributed by atoms with Gasteiger partial charge in [0.15, 0.2) is 11.5 Å². The van der Waals surface area contributed by atoms with Crippen LogP contribution in [0, 0.1) is 0 Å². The van der Waals surface area contributed by atoms with E-state index in [1.807, 2.05) is 24.3 Å². The number of hydrogen-bond acceptors (Lipinski definition) is 6. The van der Waals surface area contributed by atoms with Gasteiger partial charge in [0.2, 0.25) is 5.89 Å². The van der Waals surface area contributed by atoms with Crippen molar-refractivity contribution in [2.45, 2.75) is 4.21 Å². The minimum atomic E-state index is -3.98. The number of thiophene rings is 1. The number of nitrogens with zero attached hydrogens (tertiary/aromatic N) is 1. The van der Waals surface area contributed by atoms with E-state index in [1.165, 1.54) is 6.07 Å². The molecule has 28 heavy (non-hydrogen) atoms. The van der Waals surface area contributed by atoms with Gasteiger partial charge in [-0.25, -0.2) is 18.1 Å². The molecule has 2 aromatic carbocycles. The van der Waals surface area contributed by atoms with Gasteiger partial charge in [-0.2, -0.15) is 0 Å². The molecule has 6 nitrogen and oxygen atoms in total. The third-order valence-electron chi connectivity index (χ3n) is 3.89. The Kier molecular flexibility index (Phi) is 4.81. The van der Waals surface area contributed by atoms with E-state index in [1.54, 1.807) is 47.8 Å². The van der Waals surface area contributed by atoms with Crippen LogP contribution < -0.4 is 4.72 Å². The number of amides is 1. The first-order valence-corrected chi connectivity index (χ1v) is 10.6. The van der Waals surface area contributed by atoms with Crippen molar-refractivity contribution in [3.05, 3.63) is 83.9 Å². The molecule has 0 aliphatic carbocycles. The van der Waals surface area contributed by atoms with Crippen molar-refractivity contribution in [2.24, 2.45) is 0 Å². The number of nitrogens with one attached hydrogen (secondary N) is 1. The Morgan fingerprint density at radius 2 is 1.54 bits per heavy atom. The summed E-state index contributed by atoms with van der Waals surface area (Å²) in [5.74, 6) is -0.408. The maximum Gasteiger partial charge on any atom is 0.287 e. The highest BCUT2D eigenvalue weighted by Crippen LogP contribution is 2.30. The highest BCUT2D eigenvalue weighted by Gasteiger charge is 2.26. The summed E-state index contributed by atoms with van der Waals surface area (Å²) in [6.45, 7) is 0. The first-order chi connectivity index (χ1) is 13.5. The van der Waals surface area contributed by atoms with Crippen molar-refractivity contribution < 1.29 is 17.6 Å². The van der Waals surface area contributed by atoms with Gasteiger partial charge in [0, 0.05) is 11.1 Å². The molecule has 0 atom stereocenters. The summed E-state index contributed by atoms with van der Waals surface area (Å²) in [4.78, 5) is 17.1. The van der Waals surface area contributed by atoms with E-state index >= 15 is 0 Å². The first-order valence-electron chi connectivity index (χ1n) is 8.27. The van der Waals surface area contributed by atoms with E-state index in [2.05, 4.69) is 9.71 Å². The standard InChI is InChI=1S/C20H14N2O4S2/c23-19(22-28(24,25)16-12-7-13-27-16)17-18(14-8-3-1-4-9-14)26-20(21-17)15-10-5-2-6-11-15/h1-13H,(H,22,23). The lowest BCUT2D eigenvalue weighted by atomic mass is 10.1. The zero-order valence-electron chi connectivity index (χ0n) is 14.4. The Balaban J connectivity index is 1.77. The number of aromatic nitrogens is 1. The Morgan fingerprint density at radius 1 is 0.893 bits per heavy atom. The Labute approximate surface area is 165 Å². The van der Waals surface area contributed by atoms with Crippen molar-refractivity contribution >= 4 is 27.3 Å². The van der Waals surface area contributed by atoms with Gasteiger partial charge in [-0.3, -0.25) is 4.79 Å². The van der Waals surface area contributed by atoms with E-state index in [9.17, 15) is 13.2 Å². The summed E-state index contributed by atoms with van der Waals surface area (Å²) in [6.07, 6.45) is 0. The van der Waals surface area contributed by atoms with Crippen LogP contribution >= 0.6 is 11.3 Å². The number of carbonyl (C=O) groups excluding carboxylic acids is 1. The zero-order valence-corrected chi connectivity index (χ0v) is 16.0. The lowest BCUT2D eigenvalue weighted by molar-refractivity contribution is 0.0977. The molecule has 0 radical (unpaired) electrons. The van der Waals surface area contributed by atoms with E-state index < -0.39 is 15.9 Å². The molecule has 0 fully saturated rings. The summed E-state index contributed by atoms with van der Waals surface area (Å²) in [7, 11) is -3.98. The molecule has 2 aromatic heterocycles. The molecular weight excluding hydrogens is 396 g/mol. The third-order valence-corrected chi connectivity index (χ3v) is 6.61. The number of rotatable bonds is 5.